The first-order valence-corrected chi connectivity index (χ1v) is 8.44. The Morgan fingerprint density at radius 2 is 1.65 bits per heavy atom. The van der Waals surface area contributed by atoms with E-state index in [2.05, 4.69) is 4.99 Å². The van der Waals surface area contributed by atoms with Crippen molar-refractivity contribution in [2.24, 2.45) is 4.99 Å². The predicted molar refractivity (Wildman–Crippen MR) is 100 cm³/mol. The zero-order valence-corrected chi connectivity index (χ0v) is 15.1. The van der Waals surface area contributed by atoms with Crippen LogP contribution in [0.25, 0.3) is 0 Å². The Balaban J connectivity index is 2.34. The fourth-order valence-corrected chi connectivity index (χ4v) is 2.31. The molecule has 0 fully saturated rings. The van der Waals surface area contributed by atoms with Crippen LogP contribution in [0.5, 0.6) is 17.2 Å². The fraction of sp³-hybridized carbons (Fsp3) is 0.316. The lowest BCUT2D eigenvalue weighted by Crippen LogP contribution is -2.03. The van der Waals surface area contributed by atoms with Gasteiger partial charge in [-0.3, -0.25) is 15.1 Å². The van der Waals surface area contributed by atoms with Crippen LogP contribution < -0.4 is 14.2 Å². The van der Waals surface area contributed by atoms with Crippen LogP contribution in [0.2, 0.25) is 0 Å². The number of hydrogen-bond donors (Lipinski definition) is 0. The Morgan fingerprint density at radius 3 is 2.23 bits per heavy atom. The topological polar surface area (TPSA) is 83.2 Å². The smallest absolute Gasteiger partial charge is 0.315 e. The molecule has 2 rings (SSSR count). The molecule has 0 N–H and O–H groups in total. The summed E-state index contributed by atoms with van der Waals surface area (Å²) in [4.78, 5) is 15.3. The van der Waals surface area contributed by atoms with Crippen molar-refractivity contribution in [3.63, 3.8) is 0 Å². The number of nitro benzene ring substituents is 1. The molecule has 0 heterocycles. The number of rotatable bonds is 9. The molecular weight excluding hydrogens is 336 g/mol. The molecule has 2 aromatic carbocycles. The summed E-state index contributed by atoms with van der Waals surface area (Å²) in [5.74, 6) is 1.23. The van der Waals surface area contributed by atoms with Crippen LogP contribution in [0.3, 0.4) is 0 Å². The maximum Gasteiger partial charge on any atom is 0.315 e. The number of nitrogens with zero attached hydrogens (tertiary/aromatic N) is 2. The Kier molecular flexibility index (Phi) is 6.96. The third kappa shape index (κ3) is 4.95. The van der Waals surface area contributed by atoms with Gasteiger partial charge in [0.2, 0.25) is 5.75 Å². The normalized spacial score (nSPS) is 10.7. The molecule has 0 radical (unpaired) electrons. The van der Waals surface area contributed by atoms with E-state index in [1.165, 1.54) is 6.07 Å². The molecule has 7 nitrogen and oxygen atoms in total. The Morgan fingerprint density at radius 1 is 1.00 bits per heavy atom. The van der Waals surface area contributed by atoms with Crippen molar-refractivity contribution in [1.29, 1.82) is 0 Å². The Labute approximate surface area is 152 Å². The van der Waals surface area contributed by atoms with Crippen molar-refractivity contribution in [1.82, 2.24) is 0 Å². The number of hydrogen-bond acceptors (Lipinski definition) is 6. The van der Waals surface area contributed by atoms with Crippen LogP contribution in [0.4, 0.5) is 11.4 Å². The second kappa shape index (κ2) is 9.41. The van der Waals surface area contributed by atoms with E-state index < -0.39 is 4.92 Å². The minimum Gasteiger partial charge on any atom is -0.494 e. The van der Waals surface area contributed by atoms with Crippen molar-refractivity contribution in [2.45, 2.75) is 20.8 Å². The third-order valence-electron chi connectivity index (χ3n) is 3.35. The summed E-state index contributed by atoms with van der Waals surface area (Å²) < 4.78 is 16.3. The van der Waals surface area contributed by atoms with E-state index in [9.17, 15) is 10.1 Å². The highest BCUT2D eigenvalue weighted by Gasteiger charge is 2.22. The van der Waals surface area contributed by atoms with Crippen LogP contribution in [0.15, 0.2) is 41.4 Å². The molecular formula is C19H22N2O5. The highest BCUT2D eigenvalue weighted by molar-refractivity contribution is 5.85. The highest BCUT2D eigenvalue weighted by Crippen LogP contribution is 2.38. The van der Waals surface area contributed by atoms with Crippen LogP contribution in [-0.2, 0) is 0 Å². The first kappa shape index (κ1) is 19.2. The lowest BCUT2D eigenvalue weighted by atomic mass is 10.1. The van der Waals surface area contributed by atoms with Crippen molar-refractivity contribution in [3.05, 3.63) is 52.1 Å². The van der Waals surface area contributed by atoms with Gasteiger partial charge in [-0.2, -0.15) is 0 Å². The molecule has 0 aliphatic rings. The van der Waals surface area contributed by atoms with E-state index >= 15 is 0 Å². The molecule has 7 heteroatoms. The van der Waals surface area contributed by atoms with Gasteiger partial charge in [-0.15, -0.1) is 0 Å². The van der Waals surface area contributed by atoms with Crippen molar-refractivity contribution in [3.8, 4) is 17.2 Å². The second-order valence-corrected chi connectivity index (χ2v) is 5.18. The summed E-state index contributed by atoms with van der Waals surface area (Å²) in [6, 6.07) is 10.4. The zero-order valence-electron chi connectivity index (χ0n) is 15.1. The average molecular weight is 358 g/mol. The zero-order chi connectivity index (χ0) is 18.9. The summed E-state index contributed by atoms with van der Waals surface area (Å²) in [6.07, 6.45) is 1.56. The molecule has 0 aliphatic heterocycles. The number of nitro groups is 1. The van der Waals surface area contributed by atoms with Gasteiger partial charge >= 0.3 is 5.69 Å². The highest BCUT2D eigenvalue weighted by atomic mass is 16.6. The average Bonchev–Trinajstić information content (AvgIpc) is 2.63. The van der Waals surface area contributed by atoms with Gasteiger partial charge in [0, 0.05) is 17.8 Å². The van der Waals surface area contributed by atoms with E-state index in [1.807, 2.05) is 38.1 Å². The van der Waals surface area contributed by atoms with E-state index in [-0.39, 0.29) is 11.4 Å². The first-order valence-electron chi connectivity index (χ1n) is 8.44. The van der Waals surface area contributed by atoms with Crippen molar-refractivity contribution >= 4 is 17.6 Å². The standard InChI is InChI=1S/C19H22N2O5/c1-4-24-16-9-7-15(8-10-16)20-13-14-11-17(21(22)23)19(26-6-3)18(12-14)25-5-2/h7-13H,4-6H2,1-3H3. The van der Waals surface area contributed by atoms with Gasteiger partial charge in [-0.25, -0.2) is 0 Å². The Hall–Kier alpha value is -3.09. The minimum absolute atomic E-state index is 0.137. The largest absolute Gasteiger partial charge is 0.494 e. The summed E-state index contributed by atoms with van der Waals surface area (Å²) >= 11 is 0. The lowest BCUT2D eigenvalue weighted by molar-refractivity contribution is -0.385. The predicted octanol–water partition coefficient (Wildman–Crippen LogP) is 4.54. The van der Waals surface area contributed by atoms with Crippen molar-refractivity contribution < 1.29 is 19.1 Å². The van der Waals surface area contributed by atoms with E-state index in [4.69, 9.17) is 14.2 Å². The number of benzene rings is 2. The first-order chi connectivity index (χ1) is 12.6. The van der Waals surface area contributed by atoms with E-state index in [1.54, 1.807) is 19.2 Å². The second-order valence-electron chi connectivity index (χ2n) is 5.18. The molecule has 0 aliphatic carbocycles. The molecule has 0 saturated carbocycles. The molecule has 0 unspecified atom stereocenters. The van der Waals surface area contributed by atoms with E-state index in [0.29, 0.717) is 36.8 Å². The number of ether oxygens (including phenoxy) is 3. The molecule has 0 bridgehead atoms. The maximum atomic E-state index is 11.4. The molecule has 138 valence electrons. The Bertz CT molecular complexity index is 772. The van der Waals surface area contributed by atoms with Gasteiger partial charge in [0.15, 0.2) is 5.75 Å². The van der Waals surface area contributed by atoms with Crippen LogP contribution in [0.1, 0.15) is 26.3 Å². The van der Waals surface area contributed by atoms with Crippen LogP contribution in [-0.4, -0.2) is 31.0 Å². The van der Waals surface area contributed by atoms with Gasteiger partial charge in [0.05, 0.1) is 30.4 Å². The summed E-state index contributed by atoms with van der Waals surface area (Å²) in [6.45, 7) is 6.76. The monoisotopic (exact) mass is 358 g/mol. The van der Waals surface area contributed by atoms with Crippen molar-refractivity contribution in [2.75, 3.05) is 19.8 Å². The lowest BCUT2D eigenvalue weighted by Gasteiger charge is -2.11. The third-order valence-corrected chi connectivity index (χ3v) is 3.35. The van der Waals surface area contributed by atoms with Crippen LogP contribution in [0, 0.1) is 10.1 Å². The van der Waals surface area contributed by atoms with Gasteiger partial charge in [0.25, 0.3) is 0 Å². The quantitative estimate of drug-likeness (QED) is 0.373. The molecule has 0 aromatic heterocycles. The van der Waals surface area contributed by atoms with Crippen LogP contribution >= 0.6 is 0 Å². The molecule has 0 atom stereocenters. The summed E-state index contributed by atoms with van der Waals surface area (Å²) in [5.41, 5.74) is 1.12. The molecule has 2 aromatic rings. The number of aliphatic imine (C=N–C) groups is 1. The van der Waals surface area contributed by atoms with Gasteiger partial charge in [-0.1, -0.05) is 0 Å². The summed E-state index contributed by atoms with van der Waals surface area (Å²) in [5, 5.41) is 11.4. The molecule has 0 amide bonds. The fourth-order valence-electron chi connectivity index (χ4n) is 2.31. The van der Waals surface area contributed by atoms with E-state index in [0.717, 1.165) is 5.75 Å². The molecule has 0 spiro atoms. The van der Waals surface area contributed by atoms with Gasteiger partial charge in [-0.05, 0) is 51.1 Å². The van der Waals surface area contributed by atoms with Gasteiger partial charge < -0.3 is 14.2 Å². The SMILES string of the molecule is CCOc1ccc(N=Cc2cc(OCC)c(OCC)c([N+](=O)[O-])c2)cc1. The summed E-state index contributed by atoms with van der Waals surface area (Å²) in [7, 11) is 0. The molecule has 26 heavy (non-hydrogen) atoms. The molecule has 0 saturated heterocycles. The maximum absolute atomic E-state index is 11.4. The van der Waals surface area contributed by atoms with Gasteiger partial charge in [0.1, 0.15) is 5.75 Å². The minimum atomic E-state index is -0.484.